The van der Waals surface area contributed by atoms with E-state index in [1.54, 1.807) is 0 Å². The first-order valence-corrected chi connectivity index (χ1v) is 9.48. The Labute approximate surface area is 147 Å². The molecule has 1 aliphatic heterocycles. The maximum absolute atomic E-state index is 12.4. The summed E-state index contributed by atoms with van der Waals surface area (Å²) >= 11 is 1.83. The molecule has 1 atom stereocenters. The molecule has 1 aromatic heterocycles. The normalized spacial score (nSPS) is 17.6. The van der Waals surface area contributed by atoms with Crippen molar-refractivity contribution in [1.82, 2.24) is 14.5 Å². The second kappa shape index (κ2) is 7.15. The quantitative estimate of drug-likeness (QED) is 0.924. The number of benzene rings is 1. The van der Waals surface area contributed by atoms with Gasteiger partial charge in [-0.3, -0.25) is 4.79 Å². The first kappa shape index (κ1) is 17.3. The topological polar surface area (TPSA) is 64.2 Å². The van der Waals surface area contributed by atoms with Gasteiger partial charge in [-0.05, 0) is 30.9 Å². The number of thioether (sulfide) groups is 1. The van der Waals surface area contributed by atoms with Crippen molar-refractivity contribution in [3.05, 3.63) is 24.3 Å². The van der Waals surface area contributed by atoms with E-state index >= 15 is 0 Å². The number of carbonyl (C=O) groups excluding carboxylic acids is 1. The minimum atomic E-state index is -0.381. The molecule has 0 spiro atoms. The second-order valence-electron chi connectivity index (χ2n) is 6.85. The Morgan fingerprint density at radius 1 is 1.29 bits per heavy atom. The summed E-state index contributed by atoms with van der Waals surface area (Å²) in [6.07, 6.45) is 1.98. The van der Waals surface area contributed by atoms with Gasteiger partial charge in [-0.1, -0.05) is 37.7 Å². The summed E-state index contributed by atoms with van der Waals surface area (Å²) in [6.45, 7) is 5.58. The van der Waals surface area contributed by atoms with Crippen LogP contribution in [-0.2, 0) is 11.8 Å². The number of aryl methyl sites for hydroxylation is 1. The first-order valence-electron chi connectivity index (χ1n) is 8.60. The number of nitrogens with zero attached hydrogens (tertiary/aromatic N) is 3. The number of carbonyl (C=O) groups is 1. The zero-order valence-corrected chi connectivity index (χ0v) is 15.4. The van der Waals surface area contributed by atoms with E-state index in [-0.39, 0.29) is 17.9 Å². The van der Waals surface area contributed by atoms with Crippen molar-refractivity contribution >= 4 is 28.7 Å². The van der Waals surface area contributed by atoms with Crippen LogP contribution in [0.4, 0.5) is 0 Å². The molecule has 6 heteroatoms. The van der Waals surface area contributed by atoms with Crippen molar-refractivity contribution in [3.63, 3.8) is 0 Å². The van der Waals surface area contributed by atoms with E-state index < -0.39 is 0 Å². The fourth-order valence-electron chi connectivity index (χ4n) is 3.07. The highest BCUT2D eigenvalue weighted by molar-refractivity contribution is 7.99. The van der Waals surface area contributed by atoms with Crippen molar-refractivity contribution in [2.75, 3.05) is 13.1 Å². The van der Waals surface area contributed by atoms with Crippen LogP contribution < -0.4 is 5.73 Å². The Morgan fingerprint density at radius 2 is 1.96 bits per heavy atom. The van der Waals surface area contributed by atoms with Gasteiger partial charge in [0.1, 0.15) is 0 Å². The van der Waals surface area contributed by atoms with E-state index in [0.29, 0.717) is 5.25 Å². The lowest BCUT2D eigenvalue weighted by Crippen LogP contribution is -2.49. The van der Waals surface area contributed by atoms with Crippen LogP contribution >= 0.6 is 11.8 Å². The van der Waals surface area contributed by atoms with Crippen molar-refractivity contribution in [3.8, 4) is 0 Å². The molecule has 1 saturated heterocycles. The van der Waals surface area contributed by atoms with Crippen LogP contribution in [0.3, 0.4) is 0 Å². The van der Waals surface area contributed by atoms with Crippen LogP contribution in [0.25, 0.3) is 11.0 Å². The van der Waals surface area contributed by atoms with Crippen LogP contribution in [-0.4, -0.2) is 44.7 Å². The molecule has 1 aliphatic rings. The lowest BCUT2D eigenvalue weighted by molar-refractivity contribution is -0.134. The van der Waals surface area contributed by atoms with Gasteiger partial charge in [0.15, 0.2) is 5.16 Å². The standard InChI is InChI=1S/C18H26N4OS/c1-12(2)16(19)17(23)22-10-8-13(9-11-22)24-18-20-14-6-4-5-7-15(14)21(18)3/h4-7,12-13,16H,8-11,19H2,1-3H3/t16-/m0/s1. The van der Waals surface area contributed by atoms with Gasteiger partial charge >= 0.3 is 0 Å². The number of rotatable bonds is 4. The van der Waals surface area contributed by atoms with E-state index in [2.05, 4.69) is 17.7 Å². The third-order valence-electron chi connectivity index (χ3n) is 4.78. The fourth-order valence-corrected chi connectivity index (χ4v) is 4.22. The Balaban J connectivity index is 1.61. The lowest BCUT2D eigenvalue weighted by atomic mass is 10.0. The Hall–Kier alpha value is -1.53. The number of fused-ring (bicyclic) bond motifs is 1. The predicted molar refractivity (Wildman–Crippen MR) is 99.0 cm³/mol. The highest BCUT2D eigenvalue weighted by Crippen LogP contribution is 2.31. The molecule has 3 rings (SSSR count). The van der Waals surface area contributed by atoms with Crippen molar-refractivity contribution in [1.29, 1.82) is 0 Å². The van der Waals surface area contributed by atoms with Crippen LogP contribution in [0.2, 0.25) is 0 Å². The third kappa shape index (κ3) is 3.44. The average Bonchev–Trinajstić information content (AvgIpc) is 2.90. The summed E-state index contributed by atoms with van der Waals surface area (Å²) in [6, 6.07) is 7.83. The molecule has 0 unspecified atom stereocenters. The largest absolute Gasteiger partial charge is 0.341 e. The molecule has 0 bridgehead atoms. The summed E-state index contributed by atoms with van der Waals surface area (Å²) in [5.41, 5.74) is 8.20. The van der Waals surface area contributed by atoms with Gasteiger partial charge in [0, 0.05) is 25.4 Å². The molecule has 2 N–H and O–H groups in total. The molecule has 5 nitrogen and oxygen atoms in total. The van der Waals surface area contributed by atoms with E-state index in [0.717, 1.165) is 42.1 Å². The number of likely N-dealkylation sites (tertiary alicyclic amines) is 1. The fraction of sp³-hybridized carbons (Fsp3) is 0.556. The molecule has 0 aliphatic carbocycles. The second-order valence-corrected chi connectivity index (χ2v) is 8.12. The number of aromatic nitrogens is 2. The van der Waals surface area contributed by atoms with Gasteiger partial charge in [-0.15, -0.1) is 0 Å². The summed E-state index contributed by atoms with van der Waals surface area (Å²) in [5, 5.41) is 1.56. The molecule has 24 heavy (non-hydrogen) atoms. The predicted octanol–water partition coefficient (Wildman–Crippen LogP) is 2.64. The molecule has 0 saturated carbocycles. The average molecular weight is 347 g/mol. The Bertz CT molecular complexity index is 719. The van der Waals surface area contributed by atoms with Gasteiger partial charge in [-0.25, -0.2) is 4.98 Å². The van der Waals surface area contributed by atoms with Crippen molar-refractivity contribution in [2.24, 2.45) is 18.7 Å². The Morgan fingerprint density at radius 3 is 2.58 bits per heavy atom. The first-order chi connectivity index (χ1) is 11.5. The van der Waals surface area contributed by atoms with E-state index in [9.17, 15) is 4.79 Å². The van der Waals surface area contributed by atoms with Crippen LogP contribution in [0.5, 0.6) is 0 Å². The molecule has 130 valence electrons. The molecule has 1 fully saturated rings. The monoisotopic (exact) mass is 346 g/mol. The minimum absolute atomic E-state index is 0.0937. The zero-order chi connectivity index (χ0) is 17.3. The van der Waals surface area contributed by atoms with Gasteiger partial charge in [0.25, 0.3) is 0 Å². The zero-order valence-electron chi connectivity index (χ0n) is 14.6. The number of para-hydroxylation sites is 2. The number of hydrogen-bond donors (Lipinski definition) is 1. The summed E-state index contributed by atoms with van der Waals surface area (Å²) in [4.78, 5) is 19.0. The molecule has 1 amide bonds. The van der Waals surface area contributed by atoms with Crippen LogP contribution in [0.15, 0.2) is 29.4 Å². The van der Waals surface area contributed by atoms with Crippen LogP contribution in [0, 0.1) is 5.92 Å². The minimum Gasteiger partial charge on any atom is -0.341 e. The van der Waals surface area contributed by atoms with Gasteiger partial charge < -0.3 is 15.2 Å². The number of imidazole rings is 1. The maximum atomic E-state index is 12.4. The van der Waals surface area contributed by atoms with E-state index in [1.807, 2.05) is 48.7 Å². The van der Waals surface area contributed by atoms with Crippen LogP contribution in [0.1, 0.15) is 26.7 Å². The number of hydrogen-bond acceptors (Lipinski definition) is 4. The SMILES string of the molecule is CC(C)[C@H](N)C(=O)N1CCC(Sc2nc3ccccc3n2C)CC1. The van der Waals surface area contributed by atoms with Crippen molar-refractivity contribution in [2.45, 2.75) is 43.1 Å². The molecule has 2 aromatic rings. The number of piperidine rings is 1. The highest BCUT2D eigenvalue weighted by atomic mass is 32.2. The van der Waals surface area contributed by atoms with E-state index in [4.69, 9.17) is 10.7 Å². The van der Waals surface area contributed by atoms with E-state index in [1.165, 1.54) is 0 Å². The molecule has 1 aromatic carbocycles. The molecule has 2 heterocycles. The molecular formula is C18H26N4OS. The molecule has 0 radical (unpaired) electrons. The van der Waals surface area contributed by atoms with Crippen molar-refractivity contribution < 1.29 is 4.79 Å². The number of amides is 1. The third-order valence-corrected chi connectivity index (χ3v) is 6.16. The maximum Gasteiger partial charge on any atom is 0.239 e. The van der Waals surface area contributed by atoms with Gasteiger partial charge in [0.05, 0.1) is 17.1 Å². The summed E-state index contributed by atoms with van der Waals surface area (Å²) in [5.74, 6) is 0.278. The van der Waals surface area contributed by atoms with Gasteiger partial charge in [-0.2, -0.15) is 0 Å². The highest BCUT2D eigenvalue weighted by Gasteiger charge is 2.28. The Kier molecular flexibility index (Phi) is 5.15. The number of nitrogens with two attached hydrogens (primary N) is 1. The summed E-state index contributed by atoms with van der Waals surface area (Å²) in [7, 11) is 2.07. The lowest BCUT2D eigenvalue weighted by Gasteiger charge is -2.33. The molecular weight excluding hydrogens is 320 g/mol. The summed E-state index contributed by atoms with van der Waals surface area (Å²) < 4.78 is 2.16. The van der Waals surface area contributed by atoms with Gasteiger partial charge in [0.2, 0.25) is 5.91 Å². The smallest absolute Gasteiger partial charge is 0.239 e.